The van der Waals surface area contributed by atoms with Crippen molar-refractivity contribution in [2.24, 2.45) is 12.0 Å². The van der Waals surface area contributed by atoms with Crippen molar-refractivity contribution in [2.45, 2.75) is 26.0 Å². The van der Waals surface area contributed by atoms with Gasteiger partial charge in [0.1, 0.15) is 17.2 Å². The van der Waals surface area contributed by atoms with Crippen LogP contribution in [0.15, 0.2) is 60.0 Å². The van der Waals surface area contributed by atoms with Crippen LogP contribution in [0.5, 0.6) is 11.6 Å². The summed E-state index contributed by atoms with van der Waals surface area (Å²) in [5, 5.41) is 21.2. The quantitative estimate of drug-likeness (QED) is 0.225. The molecule has 1 aromatic carbocycles. The number of ether oxygens (including phenoxy) is 1. The molecule has 0 saturated heterocycles. The topological polar surface area (TPSA) is 96.6 Å². The maximum atomic E-state index is 13.0. The highest BCUT2D eigenvalue weighted by molar-refractivity contribution is 14.0. The molecule has 0 aliphatic heterocycles. The van der Waals surface area contributed by atoms with Crippen molar-refractivity contribution in [3.05, 3.63) is 71.9 Å². The number of guanidine groups is 1. The van der Waals surface area contributed by atoms with Crippen LogP contribution in [0.3, 0.4) is 0 Å². The third-order valence-electron chi connectivity index (χ3n) is 4.52. The first kappa shape index (κ1) is 25.5. The molecule has 0 bridgehead atoms. The van der Waals surface area contributed by atoms with Crippen molar-refractivity contribution in [1.82, 2.24) is 25.4 Å². The van der Waals surface area contributed by atoms with Crippen LogP contribution < -0.4 is 15.4 Å². The summed E-state index contributed by atoms with van der Waals surface area (Å²) in [7, 11) is 1.81. The number of aromatic nitrogens is 3. The van der Waals surface area contributed by atoms with E-state index in [4.69, 9.17) is 4.74 Å². The molecule has 3 rings (SSSR count). The molecule has 1 atom stereocenters. The number of nitrogens with one attached hydrogen (secondary N) is 2. The lowest BCUT2D eigenvalue weighted by Crippen LogP contribution is -2.44. The summed E-state index contributed by atoms with van der Waals surface area (Å²) in [6, 6.07) is 9.36. The minimum Gasteiger partial charge on any atom is -0.439 e. The number of halogens is 2. The van der Waals surface area contributed by atoms with Gasteiger partial charge >= 0.3 is 0 Å². The molecule has 1 unspecified atom stereocenters. The van der Waals surface area contributed by atoms with E-state index in [1.54, 1.807) is 48.4 Å². The van der Waals surface area contributed by atoms with Crippen LogP contribution in [0, 0.1) is 5.82 Å². The Balaban J connectivity index is 0.00000363. The second kappa shape index (κ2) is 11.8. The molecule has 0 fully saturated rings. The number of nitrogens with zero attached hydrogens (tertiary/aromatic N) is 4. The number of hydrogen-bond donors (Lipinski definition) is 3. The highest BCUT2D eigenvalue weighted by atomic mass is 127. The van der Waals surface area contributed by atoms with E-state index in [1.165, 1.54) is 12.1 Å². The van der Waals surface area contributed by atoms with Crippen LogP contribution in [-0.4, -0.2) is 38.9 Å². The second-order valence-corrected chi connectivity index (χ2v) is 7.29. The van der Waals surface area contributed by atoms with Gasteiger partial charge in [-0.3, -0.25) is 4.68 Å². The molecule has 0 aliphatic rings. The maximum absolute atomic E-state index is 13.0. The smallest absolute Gasteiger partial charge is 0.219 e. The highest BCUT2D eigenvalue weighted by Gasteiger charge is 2.25. The predicted octanol–water partition coefficient (Wildman–Crippen LogP) is 3.33. The Morgan fingerprint density at radius 1 is 1.19 bits per heavy atom. The van der Waals surface area contributed by atoms with Crippen LogP contribution in [0.1, 0.15) is 25.0 Å². The minimum atomic E-state index is -1.09. The maximum Gasteiger partial charge on any atom is 0.219 e. The Kier molecular flexibility index (Phi) is 9.39. The molecule has 0 saturated carbocycles. The van der Waals surface area contributed by atoms with Crippen LogP contribution in [0.25, 0.3) is 0 Å². The number of benzene rings is 1. The summed E-state index contributed by atoms with van der Waals surface area (Å²) in [5.41, 5.74) is 0.521. The standard InChI is InChI=1S/C22H27FN6O2.HI/c1-4-24-21(27-15-22(2,30)17-13-28-29(3)14-17)26-12-16-5-10-20(25-11-16)31-19-8-6-18(23)7-9-19;/h5-11,13-14,30H,4,12,15H2,1-3H3,(H2,24,26,27);1H. The highest BCUT2D eigenvalue weighted by Crippen LogP contribution is 2.20. The van der Waals surface area contributed by atoms with Crippen molar-refractivity contribution >= 4 is 29.9 Å². The molecule has 10 heteroatoms. The lowest BCUT2D eigenvalue weighted by molar-refractivity contribution is 0.0616. The SMILES string of the molecule is CCNC(=NCc1ccc(Oc2ccc(F)cc2)nc1)NCC(C)(O)c1cnn(C)c1.I. The third kappa shape index (κ3) is 7.45. The van der Waals surface area contributed by atoms with E-state index in [0.29, 0.717) is 30.7 Å². The Hall–Kier alpha value is -2.73. The summed E-state index contributed by atoms with van der Waals surface area (Å²) in [4.78, 5) is 8.82. The monoisotopic (exact) mass is 554 g/mol. The van der Waals surface area contributed by atoms with Gasteiger partial charge < -0.3 is 20.5 Å². The molecule has 0 radical (unpaired) electrons. The second-order valence-electron chi connectivity index (χ2n) is 7.29. The molecule has 2 heterocycles. The van der Waals surface area contributed by atoms with Gasteiger partial charge in [-0.2, -0.15) is 5.10 Å². The zero-order valence-electron chi connectivity index (χ0n) is 18.2. The summed E-state index contributed by atoms with van der Waals surface area (Å²) >= 11 is 0. The third-order valence-corrected chi connectivity index (χ3v) is 4.52. The number of aliphatic hydroxyl groups is 1. The average Bonchev–Trinajstić information content (AvgIpc) is 3.20. The van der Waals surface area contributed by atoms with E-state index in [0.717, 1.165) is 11.1 Å². The van der Waals surface area contributed by atoms with E-state index in [9.17, 15) is 9.50 Å². The zero-order chi connectivity index (χ0) is 22.3. The van der Waals surface area contributed by atoms with Gasteiger partial charge in [0.05, 0.1) is 19.3 Å². The van der Waals surface area contributed by atoms with Crippen molar-refractivity contribution in [2.75, 3.05) is 13.1 Å². The first-order chi connectivity index (χ1) is 14.9. The van der Waals surface area contributed by atoms with E-state index >= 15 is 0 Å². The summed E-state index contributed by atoms with van der Waals surface area (Å²) in [6.07, 6.45) is 5.11. The summed E-state index contributed by atoms with van der Waals surface area (Å²) in [6.45, 7) is 5.05. The number of pyridine rings is 1. The molecule has 0 amide bonds. The van der Waals surface area contributed by atoms with Crippen molar-refractivity contribution in [3.8, 4) is 11.6 Å². The molecule has 0 aliphatic carbocycles. The minimum absolute atomic E-state index is 0. The van der Waals surface area contributed by atoms with Crippen LogP contribution in [0.4, 0.5) is 4.39 Å². The molecule has 172 valence electrons. The fraction of sp³-hybridized carbons (Fsp3) is 0.318. The number of hydrogen-bond acceptors (Lipinski definition) is 5. The molecular formula is C22H28FIN6O2. The Labute approximate surface area is 204 Å². The number of aliphatic imine (C=N–C) groups is 1. The summed E-state index contributed by atoms with van der Waals surface area (Å²) < 4.78 is 20.2. The fourth-order valence-corrected chi connectivity index (χ4v) is 2.76. The molecule has 3 aromatic rings. The van der Waals surface area contributed by atoms with Gasteiger partial charge in [0, 0.05) is 37.6 Å². The molecule has 8 nitrogen and oxygen atoms in total. The van der Waals surface area contributed by atoms with Gasteiger partial charge in [-0.15, -0.1) is 24.0 Å². The van der Waals surface area contributed by atoms with Gasteiger partial charge in [-0.1, -0.05) is 6.07 Å². The van der Waals surface area contributed by atoms with Gasteiger partial charge in [-0.25, -0.2) is 14.4 Å². The molecule has 2 aromatic heterocycles. The fourth-order valence-electron chi connectivity index (χ4n) is 2.76. The van der Waals surface area contributed by atoms with E-state index < -0.39 is 5.60 Å². The lowest BCUT2D eigenvalue weighted by Gasteiger charge is -2.23. The Morgan fingerprint density at radius 3 is 2.53 bits per heavy atom. The Bertz CT molecular complexity index is 1010. The molecule has 3 N–H and O–H groups in total. The normalized spacial score (nSPS) is 13.1. The lowest BCUT2D eigenvalue weighted by atomic mass is 10.00. The van der Waals surface area contributed by atoms with Crippen molar-refractivity contribution in [1.29, 1.82) is 0 Å². The van der Waals surface area contributed by atoms with Gasteiger partial charge in [-0.05, 0) is 43.7 Å². The first-order valence-electron chi connectivity index (χ1n) is 9.98. The first-order valence-corrected chi connectivity index (χ1v) is 9.98. The van der Waals surface area contributed by atoms with Crippen LogP contribution in [-0.2, 0) is 19.2 Å². The number of rotatable bonds is 8. The number of aryl methyl sites for hydroxylation is 1. The van der Waals surface area contributed by atoms with Crippen molar-refractivity contribution < 1.29 is 14.2 Å². The average molecular weight is 554 g/mol. The van der Waals surface area contributed by atoms with Crippen LogP contribution in [0.2, 0.25) is 0 Å². The molecular weight excluding hydrogens is 526 g/mol. The molecule has 32 heavy (non-hydrogen) atoms. The van der Waals surface area contributed by atoms with Crippen LogP contribution >= 0.6 is 24.0 Å². The van der Waals surface area contributed by atoms with Gasteiger partial charge in [0.25, 0.3) is 0 Å². The van der Waals surface area contributed by atoms with Crippen molar-refractivity contribution in [3.63, 3.8) is 0 Å². The summed E-state index contributed by atoms with van der Waals surface area (Å²) in [5.74, 6) is 1.19. The zero-order valence-corrected chi connectivity index (χ0v) is 20.6. The van der Waals surface area contributed by atoms with E-state index in [2.05, 4.69) is 25.7 Å². The van der Waals surface area contributed by atoms with E-state index in [1.807, 2.05) is 20.0 Å². The largest absolute Gasteiger partial charge is 0.439 e. The van der Waals surface area contributed by atoms with Gasteiger partial charge in [0.2, 0.25) is 5.88 Å². The van der Waals surface area contributed by atoms with Gasteiger partial charge in [0.15, 0.2) is 5.96 Å². The molecule has 0 spiro atoms. The van der Waals surface area contributed by atoms with E-state index in [-0.39, 0.29) is 36.3 Å². The Morgan fingerprint density at radius 2 is 1.94 bits per heavy atom. The predicted molar refractivity (Wildman–Crippen MR) is 132 cm³/mol.